The van der Waals surface area contributed by atoms with Crippen LogP contribution in [0.15, 0.2) is 6.07 Å². The molecule has 1 heterocycles. The van der Waals surface area contributed by atoms with Crippen molar-refractivity contribution in [3.8, 4) is 11.8 Å². The Kier molecular flexibility index (Phi) is 5.04. The van der Waals surface area contributed by atoms with Gasteiger partial charge in [-0.05, 0) is 24.7 Å². The Labute approximate surface area is 121 Å². The molecule has 1 N–H and O–H groups in total. The Morgan fingerprint density at radius 2 is 1.70 bits per heavy atom. The largest absolute Gasteiger partial charge is 0.481 e. The van der Waals surface area contributed by atoms with E-state index < -0.39 is 0 Å². The van der Waals surface area contributed by atoms with Crippen LogP contribution in [0.25, 0.3) is 0 Å². The van der Waals surface area contributed by atoms with Crippen molar-refractivity contribution in [1.29, 1.82) is 0 Å². The van der Waals surface area contributed by atoms with Gasteiger partial charge in [0.2, 0.25) is 17.7 Å². The first-order valence-electron chi connectivity index (χ1n) is 7.37. The van der Waals surface area contributed by atoms with Crippen LogP contribution in [-0.4, -0.2) is 30.2 Å². The van der Waals surface area contributed by atoms with Crippen molar-refractivity contribution in [2.75, 3.05) is 19.5 Å². The SMILES string of the molecule is COc1cc(OC)nc(NC2CCCCC2C(C)C)n1. The molecule has 0 aliphatic heterocycles. The first-order valence-corrected chi connectivity index (χ1v) is 7.37. The van der Waals surface area contributed by atoms with Crippen molar-refractivity contribution in [2.24, 2.45) is 11.8 Å². The maximum atomic E-state index is 5.19. The second kappa shape index (κ2) is 6.77. The smallest absolute Gasteiger partial charge is 0.229 e. The lowest BCUT2D eigenvalue weighted by atomic mass is 9.78. The molecule has 0 spiro atoms. The highest BCUT2D eigenvalue weighted by Gasteiger charge is 2.28. The molecule has 1 saturated carbocycles. The molecule has 1 aromatic heterocycles. The third-order valence-electron chi connectivity index (χ3n) is 4.09. The lowest BCUT2D eigenvalue weighted by Crippen LogP contribution is -2.35. The van der Waals surface area contributed by atoms with Gasteiger partial charge in [0.25, 0.3) is 0 Å². The molecule has 0 bridgehead atoms. The van der Waals surface area contributed by atoms with Gasteiger partial charge in [0.15, 0.2) is 0 Å². The fraction of sp³-hybridized carbons (Fsp3) is 0.733. The van der Waals surface area contributed by atoms with Gasteiger partial charge < -0.3 is 14.8 Å². The summed E-state index contributed by atoms with van der Waals surface area (Å²) < 4.78 is 10.4. The summed E-state index contributed by atoms with van der Waals surface area (Å²) in [6, 6.07) is 2.12. The van der Waals surface area contributed by atoms with E-state index in [1.54, 1.807) is 20.3 Å². The molecule has 2 rings (SSSR count). The zero-order valence-electron chi connectivity index (χ0n) is 12.8. The molecule has 1 fully saturated rings. The second-order valence-corrected chi connectivity index (χ2v) is 5.72. The summed E-state index contributed by atoms with van der Waals surface area (Å²) >= 11 is 0. The fourth-order valence-electron chi connectivity index (χ4n) is 2.98. The summed E-state index contributed by atoms with van der Waals surface area (Å²) in [6.07, 6.45) is 5.04. The van der Waals surface area contributed by atoms with Crippen molar-refractivity contribution < 1.29 is 9.47 Å². The average molecular weight is 279 g/mol. The summed E-state index contributed by atoms with van der Waals surface area (Å²) in [5.74, 6) is 2.98. The molecule has 1 aliphatic carbocycles. The Hall–Kier alpha value is -1.52. The molecular formula is C15H25N3O2. The maximum absolute atomic E-state index is 5.19. The third kappa shape index (κ3) is 3.52. The fourth-order valence-corrected chi connectivity index (χ4v) is 2.98. The molecule has 1 aromatic rings. The topological polar surface area (TPSA) is 56.3 Å². The summed E-state index contributed by atoms with van der Waals surface area (Å²) in [6.45, 7) is 4.58. The predicted molar refractivity (Wildman–Crippen MR) is 79.3 cm³/mol. The molecule has 5 nitrogen and oxygen atoms in total. The van der Waals surface area contributed by atoms with Gasteiger partial charge in [-0.15, -0.1) is 0 Å². The Balaban J connectivity index is 2.15. The predicted octanol–water partition coefficient (Wildman–Crippen LogP) is 3.12. The van der Waals surface area contributed by atoms with E-state index in [-0.39, 0.29) is 0 Å². The van der Waals surface area contributed by atoms with Gasteiger partial charge in [0, 0.05) is 6.04 Å². The molecule has 0 amide bonds. The van der Waals surface area contributed by atoms with E-state index >= 15 is 0 Å². The summed E-state index contributed by atoms with van der Waals surface area (Å²) in [5, 5.41) is 3.48. The zero-order chi connectivity index (χ0) is 14.5. The Bertz CT molecular complexity index is 415. The number of nitrogens with zero attached hydrogens (tertiary/aromatic N) is 2. The van der Waals surface area contributed by atoms with Gasteiger partial charge in [-0.3, -0.25) is 0 Å². The van der Waals surface area contributed by atoms with E-state index in [0.717, 1.165) is 0 Å². The second-order valence-electron chi connectivity index (χ2n) is 5.72. The molecule has 0 aromatic carbocycles. The highest BCUT2D eigenvalue weighted by Crippen LogP contribution is 2.32. The standard InChI is InChI=1S/C15H25N3O2/c1-10(2)11-7-5-6-8-12(11)16-15-17-13(19-3)9-14(18-15)20-4/h9-12H,5-8H2,1-4H3,(H,16,17,18). The van der Waals surface area contributed by atoms with Crippen LogP contribution in [0.2, 0.25) is 0 Å². The van der Waals surface area contributed by atoms with Crippen molar-refractivity contribution in [1.82, 2.24) is 9.97 Å². The molecule has 1 aliphatic rings. The number of hydrogen-bond donors (Lipinski definition) is 1. The normalized spacial score (nSPS) is 22.6. The minimum absolute atomic E-state index is 0.431. The van der Waals surface area contributed by atoms with Gasteiger partial charge in [-0.25, -0.2) is 0 Å². The number of methoxy groups -OCH3 is 2. The third-order valence-corrected chi connectivity index (χ3v) is 4.09. The van der Waals surface area contributed by atoms with Crippen molar-refractivity contribution in [3.63, 3.8) is 0 Å². The molecule has 0 radical (unpaired) electrons. The zero-order valence-corrected chi connectivity index (χ0v) is 12.8. The van der Waals surface area contributed by atoms with E-state index in [1.807, 2.05) is 0 Å². The van der Waals surface area contributed by atoms with Crippen LogP contribution in [0.4, 0.5) is 5.95 Å². The number of ether oxygens (including phenoxy) is 2. The highest BCUT2D eigenvalue weighted by molar-refractivity contribution is 5.34. The number of anilines is 1. The van der Waals surface area contributed by atoms with Gasteiger partial charge in [-0.2, -0.15) is 9.97 Å². The van der Waals surface area contributed by atoms with E-state index in [4.69, 9.17) is 9.47 Å². The number of nitrogens with one attached hydrogen (secondary N) is 1. The molecule has 5 heteroatoms. The van der Waals surface area contributed by atoms with Crippen molar-refractivity contribution in [2.45, 2.75) is 45.6 Å². The Morgan fingerprint density at radius 1 is 1.10 bits per heavy atom. The van der Waals surface area contributed by atoms with Crippen molar-refractivity contribution in [3.05, 3.63) is 6.07 Å². The highest BCUT2D eigenvalue weighted by atomic mass is 16.5. The minimum atomic E-state index is 0.431. The van der Waals surface area contributed by atoms with Gasteiger partial charge in [0.05, 0.1) is 20.3 Å². The van der Waals surface area contributed by atoms with Crippen LogP contribution in [-0.2, 0) is 0 Å². The first kappa shape index (κ1) is 14.9. The van der Waals surface area contributed by atoms with E-state index in [2.05, 4.69) is 29.1 Å². The monoisotopic (exact) mass is 279 g/mol. The van der Waals surface area contributed by atoms with Crippen LogP contribution in [0.1, 0.15) is 39.5 Å². The summed E-state index contributed by atoms with van der Waals surface area (Å²) in [4.78, 5) is 8.73. The Morgan fingerprint density at radius 3 is 2.25 bits per heavy atom. The van der Waals surface area contributed by atoms with Crippen LogP contribution < -0.4 is 14.8 Å². The molecule has 0 saturated heterocycles. The molecule has 20 heavy (non-hydrogen) atoms. The van der Waals surface area contributed by atoms with Crippen LogP contribution in [0.5, 0.6) is 11.8 Å². The number of rotatable bonds is 5. The average Bonchev–Trinajstić information content (AvgIpc) is 2.47. The molecular weight excluding hydrogens is 254 g/mol. The lowest BCUT2D eigenvalue weighted by molar-refractivity contribution is 0.252. The number of aromatic nitrogens is 2. The summed E-state index contributed by atoms with van der Waals surface area (Å²) in [7, 11) is 3.20. The molecule has 112 valence electrons. The van der Waals surface area contributed by atoms with Gasteiger partial charge in [-0.1, -0.05) is 26.7 Å². The maximum Gasteiger partial charge on any atom is 0.229 e. The molecule has 2 atom stereocenters. The van der Waals surface area contributed by atoms with E-state index in [0.29, 0.717) is 35.6 Å². The quantitative estimate of drug-likeness (QED) is 0.897. The summed E-state index contributed by atoms with van der Waals surface area (Å²) in [5.41, 5.74) is 0. The van der Waals surface area contributed by atoms with Gasteiger partial charge in [0.1, 0.15) is 0 Å². The van der Waals surface area contributed by atoms with Gasteiger partial charge >= 0.3 is 0 Å². The van der Waals surface area contributed by atoms with Crippen LogP contribution in [0, 0.1) is 11.8 Å². The number of hydrogen-bond acceptors (Lipinski definition) is 5. The van der Waals surface area contributed by atoms with E-state index in [9.17, 15) is 0 Å². The minimum Gasteiger partial charge on any atom is -0.481 e. The van der Waals surface area contributed by atoms with Crippen LogP contribution >= 0.6 is 0 Å². The lowest BCUT2D eigenvalue weighted by Gasteiger charge is -2.34. The first-order chi connectivity index (χ1) is 9.63. The molecule has 2 unspecified atom stereocenters. The van der Waals surface area contributed by atoms with Crippen molar-refractivity contribution >= 4 is 5.95 Å². The van der Waals surface area contributed by atoms with Crippen LogP contribution in [0.3, 0.4) is 0 Å². The van der Waals surface area contributed by atoms with E-state index in [1.165, 1.54) is 25.7 Å².